The summed E-state index contributed by atoms with van der Waals surface area (Å²) in [5.74, 6) is -0.870. The molecule has 1 aliphatic heterocycles. The SMILES string of the molecule is O=C(NC1CCCC1)c1ccc(NC2=C(Cl)C(=O)N(C3CCCCC3)C2=O)cc1. The number of carbonyl (C=O) groups is 3. The maximum absolute atomic E-state index is 12.8. The molecule has 1 heterocycles. The molecule has 2 aliphatic carbocycles. The van der Waals surface area contributed by atoms with E-state index in [0.717, 1.165) is 57.8 Å². The molecular formula is C22H26ClN3O3. The van der Waals surface area contributed by atoms with Crippen LogP contribution in [-0.2, 0) is 9.59 Å². The lowest BCUT2D eigenvalue weighted by Gasteiger charge is -2.29. The van der Waals surface area contributed by atoms with Crippen molar-refractivity contribution in [1.29, 1.82) is 0 Å². The first-order valence-corrected chi connectivity index (χ1v) is 10.9. The maximum atomic E-state index is 12.8. The van der Waals surface area contributed by atoms with Crippen LogP contribution in [0.5, 0.6) is 0 Å². The molecule has 29 heavy (non-hydrogen) atoms. The molecular weight excluding hydrogens is 390 g/mol. The molecule has 6 nitrogen and oxygen atoms in total. The molecule has 2 fully saturated rings. The number of hydrogen-bond donors (Lipinski definition) is 2. The molecule has 0 radical (unpaired) electrons. The highest BCUT2D eigenvalue weighted by atomic mass is 35.5. The zero-order valence-electron chi connectivity index (χ0n) is 16.4. The van der Waals surface area contributed by atoms with Gasteiger partial charge in [-0.1, -0.05) is 43.7 Å². The van der Waals surface area contributed by atoms with Crippen molar-refractivity contribution < 1.29 is 14.4 Å². The van der Waals surface area contributed by atoms with Crippen LogP contribution in [0.2, 0.25) is 0 Å². The van der Waals surface area contributed by atoms with Gasteiger partial charge in [-0.25, -0.2) is 0 Å². The first kappa shape index (κ1) is 20.0. The molecule has 3 aliphatic rings. The van der Waals surface area contributed by atoms with Gasteiger partial charge in [-0.3, -0.25) is 19.3 Å². The van der Waals surface area contributed by atoms with Crippen LogP contribution in [0.15, 0.2) is 35.0 Å². The second kappa shape index (κ2) is 8.57. The fraction of sp³-hybridized carbons (Fsp3) is 0.500. The Balaban J connectivity index is 1.42. The van der Waals surface area contributed by atoms with Gasteiger partial charge >= 0.3 is 0 Å². The number of carbonyl (C=O) groups excluding carboxylic acids is 3. The Morgan fingerprint density at radius 2 is 1.52 bits per heavy atom. The summed E-state index contributed by atoms with van der Waals surface area (Å²) in [4.78, 5) is 39.0. The second-order valence-electron chi connectivity index (χ2n) is 8.12. The molecule has 0 aromatic heterocycles. The predicted octanol–water partition coefficient (Wildman–Crippen LogP) is 3.92. The van der Waals surface area contributed by atoms with Gasteiger partial charge in [0.15, 0.2) is 0 Å². The average molecular weight is 416 g/mol. The van der Waals surface area contributed by atoms with Crippen molar-refractivity contribution in [2.24, 2.45) is 0 Å². The molecule has 4 rings (SSSR count). The van der Waals surface area contributed by atoms with Gasteiger partial charge in [0.1, 0.15) is 10.7 Å². The van der Waals surface area contributed by atoms with Gasteiger partial charge in [0.05, 0.1) is 0 Å². The summed E-state index contributed by atoms with van der Waals surface area (Å²) in [5, 5.41) is 5.97. The zero-order valence-corrected chi connectivity index (χ0v) is 17.1. The molecule has 154 valence electrons. The van der Waals surface area contributed by atoms with Gasteiger partial charge in [0.2, 0.25) is 0 Å². The standard InChI is InChI=1S/C22H26ClN3O3/c23-18-19(22(29)26(21(18)28)17-8-2-1-3-9-17)24-16-12-10-14(11-13-16)20(27)25-15-6-4-5-7-15/h10-13,15,17,24H,1-9H2,(H,25,27). The van der Waals surface area contributed by atoms with Crippen molar-refractivity contribution in [3.05, 3.63) is 40.6 Å². The molecule has 0 atom stereocenters. The Bertz CT molecular complexity index is 837. The van der Waals surface area contributed by atoms with E-state index in [1.54, 1.807) is 24.3 Å². The van der Waals surface area contributed by atoms with Crippen molar-refractivity contribution in [3.63, 3.8) is 0 Å². The van der Waals surface area contributed by atoms with E-state index in [-0.39, 0.29) is 34.6 Å². The van der Waals surface area contributed by atoms with Crippen LogP contribution in [0.1, 0.15) is 68.1 Å². The van der Waals surface area contributed by atoms with Crippen LogP contribution in [0, 0.1) is 0 Å². The van der Waals surface area contributed by atoms with Crippen LogP contribution in [0.25, 0.3) is 0 Å². The number of rotatable bonds is 5. The lowest BCUT2D eigenvalue weighted by Crippen LogP contribution is -2.42. The summed E-state index contributed by atoms with van der Waals surface area (Å²) in [6.45, 7) is 0. The van der Waals surface area contributed by atoms with Gasteiger partial charge < -0.3 is 10.6 Å². The molecule has 1 aromatic carbocycles. The summed E-state index contributed by atoms with van der Waals surface area (Å²) in [5.41, 5.74) is 1.30. The Morgan fingerprint density at radius 1 is 0.897 bits per heavy atom. The third-order valence-corrected chi connectivity index (χ3v) is 6.46. The van der Waals surface area contributed by atoms with E-state index in [2.05, 4.69) is 10.6 Å². The third kappa shape index (κ3) is 4.17. The molecule has 7 heteroatoms. The van der Waals surface area contributed by atoms with Crippen LogP contribution in [0.3, 0.4) is 0 Å². The van der Waals surface area contributed by atoms with E-state index < -0.39 is 5.91 Å². The maximum Gasteiger partial charge on any atom is 0.279 e. The predicted molar refractivity (Wildman–Crippen MR) is 111 cm³/mol. The van der Waals surface area contributed by atoms with E-state index in [9.17, 15) is 14.4 Å². The number of halogens is 1. The monoisotopic (exact) mass is 415 g/mol. The van der Waals surface area contributed by atoms with Crippen molar-refractivity contribution in [3.8, 4) is 0 Å². The number of nitrogens with one attached hydrogen (secondary N) is 2. The number of imide groups is 1. The first-order valence-electron chi connectivity index (χ1n) is 10.5. The fourth-order valence-electron chi connectivity index (χ4n) is 4.49. The molecule has 3 amide bonds. The van der Waals surface area contributed by atoms with E-state index in [0.29, 0.717) is 11.3 Å². The highest BCUT2D eigenvalue weighted by Gasteiger charge is 2.42. The molecule has 2 saturated carbocycles. The summed E-state index contributed by atoms with van der Waals surface area (Å²) in [7, 11) is 0. The van der Waals surface area contributed by atoms with Gasteiger partial charge in [0.25, 0.3) is 17.7 Å². The number of amides is 3. The van der Waals surface area contributed by atoms with E-state index in [1.807, 2.05) is 0 Å². The topological polar surface area (TPSA) is 78.5 Å². The highest BCUT2D eigenvalue weighted by molar-refractivity contribution is 6.48. The minimum Gasteiger partial charge on any atom is -0.350 e. The molecule has 0 spiro atoms. The Labute approximate surface area is 175 Å². The third-order valence-electron chi connectivity index (χ3n) is 6.11. The molecule has 0 saturated heterocycles. The smallest absolute Gasteiger partial charge is 0.279 e. The fourth-order valence-corrected chi connectivity index (χ4v) is 4.71. The molecule has 0 unspecified atom stereocenters. The zero-order chi connectivity index (χ0) is 20.4. The summed E-state index contributed by atoms with van der Waals surface area (Å²) < 4.78 is 0. The number of nitrogens with zero attached hydrogens (tertiary/aromatic N) is 1. The number of hydrogen-bond acceptors (Lipinski definition) is 4. The highest BCUT2D eigenvalue weighted by Crippen LogP contribution is 2.32. The van der Waals surface area contributed by atoms with Crippen LogP contribution < -0.4 is 10.6 Å². The Morgan fingerprint density at radius 3 is 2.17 bits per heavy atom. The van der Waals surface area contributed by atoms with Gasteiger partial charge in [0, 0.05) is 23.3 Å². The summed E-state index contributed by atoms with van der Waals surface area (Å²) in [6, 6.07) is 7.06. The normalized spacial score (nSPS) is 21.2. The lowest BCUT2D eigenvalue weighted by molar-refractivity contribution is -0.140. The van der Waals surface area contributed by atoms with Crippen molar-refractivity contribution >= 4 is 35.0 Å². The minimum absolute atomic E-state index is 0.0661. The largest absolute Gasteiger partial charge is 0.350 e. The average Bonchev–Trinajstić information content (AvgIpc) is 3.32. The number of anilines is 1. The Kier molecular flexibility index (Phi) is 5.90. The van der Waals surface area contributed by atoms with E-state index in [1.165, 1.54) is 4.90 Å². The molecule has 0 bridgehead atoms. The van der Waals surface area contributed by atoms with Gasteiger partial charge in [-0.15, -0.1) is 0 Å². The van der Waals surface area contributed by atoms with Crippen LogP contribution in [-0.4, -0.2) is 34.7 Å². The minimum atomic E-state index is -0.418. The quantitative estimate of drug-likeness (QED) is 0.714. The second-order valence-corrected chi connectivity index (χ2v) is 8.50. The van der Waals surface area contributed by atoms with Crippen molar-refractivity contribution in [1.82, 2.24) is 10.2 Å². The van der Waals surface area contributed by atoms with Gasteiger partial charge in [-0.2, -0.15) is 0 Å². The Hall–Kier alpha value is -2.34. The van der Waals surface area contributed by atoms with Crippen LogP contribution >= 0.6 is 11.6 Å². The van der Waals surface area contributed by atoms with Gasteiger partial charge in [-0.05, 0) is 49.9 Å². The van der Waals surface area contributed by atoms with Crippen molar-refractivity contribution in [2.75, 3.05) is 5.32 Å². The van der Waals surface area contributed by atoms with E-state index in [4.69, 9.17) is 11.6 Å². The first-order chi connectivity index (χ1) is 14.0. The summed E-state index contributed by atoms with van der Waals surface area (Å²) >= 11 is 6.21. The molecule has 1 aromatic rings. The lowest BCUT2D eigenvalue weighted by atomic mass is 9.94. The summed E-state index contributed by atoms with van der Waals surface area (Å²) in [6.07, 6.45) is 9.23. The molecule has 2 N–H and O–H groups in total. The number of benzene rings is 1. The van der Waals surface area contributed by atoms with Crippen LogP contribution in [0.4, 0.5) is 5.69 Å². The van der Waals surface area contributed by atoms with Crippen molar-refractivity contribution in [2.45, 2.75) is 69.9 Å². The van der Waals surface area contributed by atoms with E-state index >= 15 is 0 Å².